The Morgan fingerprint density at radius 2 is 2.00 bits per heavy atom. The van der Waals surface area contributed by atoms with Crippen molar-refractivity contribution in [3.8, 4) is 0 Å². The van der Waals surface area contributed by atoms with Crippen LogP contribution in [-0.4, -0.2) is 12.2 Å². The summed E-state index contributed by atoms with van der Waals surface area (Å²) in [6, 6.07) is 4.59. The molecule has 1 N–H and O–H groups in total. The van der Waals surface area contributed by atoms with Gasteiger partial charge in [0.1, 0.15) is 6.04 Å². The van der Waals surface area contributed by atoms with Crippen LogP contribution in [0.1, 0.15) is 6.92 Å². The Kier molecular flexibility index (Phi) is 3.26. The minimum atomic E-state index is -4.25. The quantitative estimate of drug-likeness (QED) is 0.806. The van der Waals surface area contributed by atoms with Gasteiger partial charge in [-0.15, -0.1) is 0 Å². The summed E-state index contributed by atoms with van der Waals surface area (Å²) < 4.78 is 36.4. The molecule has 1 atom stereocenters. The van der Waals surface area contributed by atoms with E-state index >= 15 is 0 Å². The van der Waals surface area contributed by atoms with E-state index in [2.05, 4.69) is 5.32 Å². The predicted octanol–water partition coefficient (Wildman–Crippen LogP) is 3.70. The predicted molar refractivity (Wildman–Crippen MR) is 50.6 cm³/mol. The summed E-state index contributed by atoms with van der Waals surface area (Å²) in [7, 11) is 0. The topological polar surface area (TPSA) is 12.0 Å². The molecule has 0 amide bonds. The molecule has 1 aromatic carbocycles. The van der Waals surface area contributed by atoms with E-state index in [-0.39, 0.29) is 0 Å². The van der Waals surface area contributed by atoms with E-state index in [1.54, 1.807) is 12.1 Å². The van der Waals surface area contributed by atoms with Crippen LogP contribution in [0.4, 0.5) is 18.9 Å². The monoisotopic (exact) mass is 223 g/mol. The minimum Gasteiger partial charge on any atom is -0.374 e. The second-order valence-electron chi connectivity index (χ2n) is 2.92. The summed E-state index contributed by atoms with van der Waals surface area (Å²) in [5.74, 6) is 0. The minimum absolute atomic E-state index is 0.363. The van der Waals surface area contributed by atoms with Crippen LogP contribution >= 0.6 is 11.6 Å². The molecular weight excluding hydrogens is 215 g/mol. The normalized spacial score (nSPS) is 13.8. The molecule has 0 saturated heterocycles. The Bertz CT molecular complexity index is 311. The number of anilines is 1. The van der Waals surface area contributed by atoms with Crippen LogP contribution in [0.3, 0.4) is 0 Å². The van der Waals surface area contributed by atoms with E-state index in [1.807, 2.05) is 0 Å². The highest BCUT2D eigenvalue weighted by atomic mass is 35.5. The van der Waals surface area contributed by atoms with Crippen molar-refractivity contribution < 1.29 is 13.2 Å². The van der Waals surface area contributed by atoms with Gasteiger partial charge in [-0.05, 0) is 25.1 Å². The van der Waals surface area contributed by atoms with E-state index < -0.39 is 12.2 Å². The first-order valence-corrected chi connectivity index (χ1v) is 4.36. The van der Waals surface area contributed by atoms with E-state index in [0.29, 0.717) is 10.7 Å². The molecule has 78 valence electrons. The molecular formula is C9H9ClF3N. The van der Waals surface area contributed by atoms with Crippen molar-refractivity contribution in [3.05, 3.63) is 29.3 Å². The number of rotatable bonds is 2. The zero-order valence-corrected chi connectivity index (χ0v) is 8.15. The van der Waals surface area contributed by atoms with Gasteiger partial charge in [-0.2, -0.15) is 13.2 Å². The van der Waals surface area contributed by atoms with Crippen LogP contribution in [-0.2, 0) is 0 Å². The first kappa shape index (κ1) is 11.2. The van der Waals surface area contributed by atoms with E-state index in [1.165, 1.54) is 12.1 Å². The molecule has 1 unspecified atom stereocenters. The molecule has 1 aromatic rings. The Hall–Kier alpha value is -0.900. The first-order chi connectivity index (χ1) is 6.39. The van der Waals surface area contributed by atoms with Crippen molar-refractivity contribution in [2.24, 2.45) is 0 Å². The van der Waals surface area contributed by atoms with Gasteiger partial charge in [-0.25, -0.2) is 0 Å². The zero-order valence-electron chi connectivity index (χ0n) is 7.40. The maximum atomic E-state index is 12.1. The van der Waals surface area contributed by atoms with E-state index in [0.717, 1.165) is 6.92 Å². The van der Waals surface area contributed by atoms with Crippen molar-refractivity contribution in [1.29, 1.82) is 0 Å². The summed E-state index contributed by atoms with van der Waals surface area (Å²) in [6.45, 7) is 1.06. The lowest BCUT2D eigenvalue weighted by Gasteiger charge is -2.18. The summed E-state index contributed by atoms with van der Waals surface area (Å²) in [5.41, 5.74) is 0.363. The van der Waals surface area contributed by atoms with Gasteiger partial charge in [-0.1, -0.05) is 17.7 Å². The largest absolute Gasteiger partial charge is 0.408 e. The number of hydrogen-bond acceptors (Lipinski definition) is 1. The molecule has 0 heterocycles. The third kappa shape index (κ3) is 3.10. The Labute approximate surface area is 84.9 Å². The van der Waals surface area contributed by atoms with Gasteiger partial charge in [-0.3, -0.25) is 0 Å². The van der Waals surface area contributed by atoms with E-state index in [9.17, 15) is 13.2 Å². The van der Waals surface area contributed by atoms with Crippen molar-refractivity contribution in [1.82, 2.24) is 0 Å². The lowest BCUT2D eigenvalue weighted by atomic mass is 10.2. The van der Waals surface area contributed by atoms with Gasteiger partial charge >= 0.3 is 6.18 Å². The number of nitrogens with one attached hydrogen (secondary N) is 1. The van der Waals surface area contributed by atoms with Gasteiger partial charge in [0.2, 0.25) is 0 Å². The molecule has 14 heavy (non-hydrogen) atoms. The van der Waals surface area contributed by atoms with Crippen LogP contribution in [0.5, 0.6) is 0 Å². The van der Waals surface area contributed by atoms with Crippen LogP contribution in [0.15, 0.2) is 24.3 Å². The highest BCUT2D eigenvalue weighted by Gasteiger charge is 2.35. The Morgan fingerprint density at radius 3 is 2.50 bits per heavy atom. The molecule has 0 radical (unpaired) electrons. The lowest BCUT2D eigenvalue weighted by Crippen LogP contribution is -2.32. The number of benzene rings is 1. The second kappa shape index (κ2) is 4.09. The fraction of sp³-hybridized carbons (Fsp3) is 0.333. The highest BCUT2D eigenvalue weighted by molar-refractivity contribution is 6.30. The van der Waals surface area contributed by atoms with Crippen molar-refractivity contribution in [2.75, 3.05) is 5.32 Å². The molecule has 1 rings (SSSR count). The third-order valence-electron chi connectivity index (χ3n) is 1.70. The third-order valence-corrected chi connectivity index (χ3v) is 1.93. The molecule has 0 spiro atoms. The van der Waals surface area contributed by atoms with Crippen molar-refractivity contribution in [2.45, 2.75) is 19.1 Å². The number of hydrogen-bond donors (Lipinski definition) is 1. The lowest BCUT2D eigenvalue weighted by molar-refractivity contribution is -0.138. The molecule has 0 aromatic heterocycles. The molecule has 0 aliphatic carbocycles. The molecule has 0 saturated carbocycles. The average molecular weight is 224 g/mol. The Morgan fingerprint density at radius 1 is 1.36 bits per heavy atom. The average Bonchev–Trinajstić information content (AvgIpc) is 2.02. The molecule has 0 aliphatic rings. The highest BCUT2D eigenvalue weighted by Crippen LogP contribution is 2.24. The zero-order chi connectivity index (χ0) is 10.8. The molecule has 5 heteroatoms. The molecule has 0 bridgehead atoms. The van der Waals surface area contributed by atoms with Crippen LogP contribution < -0.4 is 5.32 Å². The summed E-state index contributed by atoms with van der Waals surface area (Å²) in [4.78, 5) is 0. The SMILES string of the molecule is CC(Nc1cccc(Cl)c1)C(F)(F)F. The molecule has 0 aliphatic heterocycles. The van der Waals surface area contributed by atoms with Gasteiger partial charge in [0.05, 0.1) is 0 Å². The maximum absolute atomic E-state index is 12.1. The fourth-order valence-electron chi connectivity index (χ4n) is 0.910. The number of halogens is 4. The van der Waals surface area contributed by atoms with Gasteiger partial charge in [0.15, 0.2) is 0 Å². The Balaban J connectivity index is 2.70. The second-order valence-corrected chi connectivity index (χ2v) is 3.35. The fourth-order valence-corrected chi connectivity index (χ4v) is 1.10. The van der Waals surface area contributed by atoms with Crippen molar-refractivity contribution >= 4 is 17.3 Å². The maximum Gasteiger partial charge on any atom is 0.408 e. The van der Waals surface area contributed by atoms with Gasteiger partial charge in [0.25, 0.3) is 0 Å². The van der Waals surface area contributed by atoms with E-state index in [4.69, 9.17) is 11.6 Å². The van der Waals surface area contributed by atoms with Crippen molar-refractivity contribution in [3.63, 3.8) is 0 Å². The molecule has 0 fully saturated rings. The molecule has 1 nitrogen and oxygen atoms in total. The first-order valence-electron chi connectivity index (χ1n) is 3.98. The van der Waals surface area contributed by atoms with Crippen LogP contribution in [0.2, 0.25) is 5.02 Å². The van der Waals surface area contributed by atoms with Gasteiger partial charge in [0, 0.05) is 10.7 Å². The summed E-state index contributed by atoms with van der Waals surface area (Å²) in [5, 5.41) is 2.72. The smallest absolute Gasteiger partial charge is 0.374 e. The van der Waals surface area contributed by atoms with Crippen LogP contribution in [0.25, 0.3) is 0 Å². The summed E-state index contributed by atoms with van der Waals surface area (Å²) in [6.07, 6.45) is -4.25. The summed E-state index contributed by atoms with van der Waals surface area (Å²) >= 11 is 5.62. The number of alkyl halides is 3. The van der Waals surface area contributed by atoms with Gasteiger partial charge < -0.3 is 5.32 Å². The van der Waals surface area contributed by atoms with Crippen LogP contribution in [0, 0.1) is 0 Å². The standard InChI is InChI=1S/C9H9ClF3N/c1-6(9(11,12)13)14-8-4-2-3-7(10)5-8/h2-6,14H,1H3.